The summed E-state index contributed by atoms with van der Waals surface area (Å²) in [5, 5.41) is 0. The number of alkyl halides is 3. The lowest BCUT2D eigenvalue weighted by Crippen LogP contribution is -2.27. The summed E-state index contributed by atoms with van der Waals surface area (Å²) in [6.45, 7) is 4.07. The Balaban J connectivity index is 2.14. The van der Waals surface area contributed by atoms with Gasteiger partial charge in [-0.15, -0.1) is 0 Å². The maximum absolute atomic E-state index is 12.5. The molecule has 0 bridgehead atoms. The van der Waals surface area contributed by atoms with Gasteiger partial charge in [0.05, 0.1) is 5.56 Å². The molecule has 2 aromatic rings. The number of rotatable bonds is 3. The predicted molar refractivity (Wildman–Crippen MR) is 83.2 cm³/mol. The van der Waals surface area contributed by atoms with Gasteiger partial charge in [0.25, 0.3) is 5.91 Å². The predicted octanol–water partition coefficient (Wildman–Crippen LogP) is 4.59. The molecule has 23 heavy (non-hydrogen) atoms. The normalized spacial score (nSPS) is 11.4. The third-order valence-corrected chi connectivity index (χ3v) is 3.88. The molecule has 0 spiro atoms. The fourth-order valence-electron chi connectivity index (χ4n) is 2.33. The Morgan fingerprint density at radius 1 is 1.04 bits per heavy atom. The highest BCUT2D eigenvalue weighted by molar-refractivity contribution is 5.95. The molecule has 5 heteroatoms. The molecule has 0 heterocycles. The van der Waals surface area contributed by atoms with Gasteiger partial charge >= 0.3 is 6.18 Å². The molecule has 2 nitrogen and oxygen atoms in total. The van der Waals surface area contributed by atoms with Crippen molar-refractivity contribution in [1.82, 2.24) is 4.90 Å². The highest BCUT2D eigenvalue weighted by atomic mass is 19.4. The van der Waals surface area contributed by atoms with E-state index in [4.69, 9.17) is 0 Å². The SMILES string of the molecule is Cc1cccc(C(=O)N(C)Cc2ccc(C(F)(F)F)cc2)c1C. The van der Waals surface area contributed by atoms with Gasteiger partial charge in [-0.05, 0) is 48.7 Å². The van der Waals surface area contributed by atoms with Crippen LogP contribution in [0.3, 0.4) is 0 Å². The van der Waals surface area contributed by atoms with E-state index in [0.717, 1.165) is 23.3 Å². The quantitative estimate of drug-likeness (QED) is 0.809. The summed E-state index contributed by atoms with van der Waals surface area (Å²) in [6, 6.07) is 10.4. The summed E-state index contributed by atoms with van der Waals surface area (Å²) >= 11 is 0. The molecule has 1 amide bonds. The van der Waals surface area contributed by atoms with Crippen molar-refractivity contribution in [2.75, 3.05) is 7.05 Å². The molecule has 2 aromatic carbocycles. The molecule has 0 radical (unpaired) electrons. The zero-order valence-electron chi connectivity index (χ0n) is 13.2. The highest BCUT2D eigenvalue weighted by Gasteiger charge is 2.30. The first-order valence-electron chi connectivity index (χ1n) is 7.18. The molecule has 0 unspecified atom stereocenters. The summed E-state index contributed by atoms with van der Waals surface area (Å²) in [5.41, 5.74) is 2.51. The third kappa shape index (κ3) is 3.92. The van der Waals surface area contributed by atoms with E-state index < -0.39 is 11.7 Å². The van der Waals surface area contributed by atoms with Crippen molar-refractivity contribution in [2.45, 2.75) is 26.6 Å². The monoisotopic (exact) mass is 321 g/mol. The summed E-state index contributed by atoms with van der Waals surface area (Å²) in [7, 11) is 1.64. The maximum Gasteiger partial charge on any atom is 0.416 e. The van der Waals surface area contributed by atoms with Gasteiger partial charge in [0, 0.05) is 19.2 Å². The van der Waals surface area contributed by atoms with Gasteiger partial charge in [0.15, 0.2) is 0 Å². The van der Waals surface area contributed by atoms with Gasteiger partial charge in [0.1, 0.15) is 0 Å². The zero-order chi connectivity index (χ0) is 17.2. The number of nitrogens with zero attached hydrogens (tertiary/aromatic N) is 1. The molecule has 0 aliphatic carbocycles. The van der Waals surface area contributed by atoms with Gasteiger partial charge in [-0.2, -0.15) is 13.2 Å². The summed E-state index contributed by atoms with van der Waals surface area (Å²) in [5.74, 6) is -0.147. The lowest BCUT2D eigenvalue weighted by atomic mass is 10.0. The highest BCUT2D eigenvalue weighted by Crippen LogP contribution is 2.29. The number of carbonyl (C=O) groups is 1. The van der Waals surface area contributed by atoms with Crippen LogP contribution in [0.2, 0.25) is 0 Å². The molecule has 0 saturated carbocycles. The molecule has 0 N–H and O–H groups in total. The van der Waals surface area contributed by atoms with Crippen LogP contribution in [0.1, 0.15) is 32.6 Å². The van der Waals surface area contributed by atoms with E-state index in [1.165, 1.54) is 17.0 Å². The first-order valence-corrected chi connectivity index (χ1v) is 7.18. The molecule has 0 aliphatic heterocycles. The fraction of sp³-hybridized carbons (Fsp3) is 0.278. The van der Waals surface area contributed by atoms with Crippen molar-refractivity contribution in [3.05, 3.63) is 70.3 Å². The van der Waals surface area contributed by atoms with E-state index in [1.807, 2.05) is 26.0 Å². The molecule has 0 aliphatic rings. The zero-order valence-corrected chi connectivity index (χ0v) is 13.2. The minimum absolute atomic E-state index is 0.147. The number of halogens is 3. The second-order valence-corrected chi connectivity index (χ2v) is 5.60. The van der Waals surface area contributed by atoms with E-state index in [9.17, 15) is 18.0 Å². The second-order valence-electron chi connectivity index (χ2n) is 5.60. The van der Waals surface area contributed by atoms with Gasteiger partial charge < -0.3 is 4.90 Å². The molecular formula is C18H18F3NO. The van der Waals surface area contributed by atoms with Crippen LogP contribution in [-0.2, 0) is 12.7 Å². The topological polar surface area (TPSA) is 20.3 Å². The Labute approximate surface area is 133 Å². The lowest BCUT2D eigenvalue weighted by Gasteiger charge is -2.19. The average molecular weight is 321 g/mol. The first kappa shape index (κ1) is 17.1. The Kier molecular flexibility index (Phi) is 4.78. The second kappa shape index (κ2) is 6.44. The summed E-state index contributed by atoms with van der Waals surface area (Å²) in [4.78, 5) is 14.0. The van der Waals surface area contributed by atoms with Crippen LogP contribution in [0, 0.1) is 13.8 Å². The van der Waals surface area contributed by atoms with Crippen molar-refractivity contribution >= 4 is 5.91 Å². The van der Waals surface area contributed by atoms with E-state index in [2.05, 4.69) is 0 Å². The molecule has 0 atom stereocenters. The minimum Gasteiger partial charge on any atom is -0.337 e. The van der Waals surface area contributed by atoms with Crippen LogP contribution >= 0.6 is 0 Å². The number of aryl methyl sites for hydroxylation is 1. The lowest BCUT2D eigenvalue weighted by molar-refractivity contribution is -0.137. The number of hydrogen-bond acceptors (Lipinski definition) is 1. The number of hydrogen-bond donors (Lipinski definition) is 0. The van der Waals surface area contributed by atoms with E-state index in [1.54, 1.807) is 13.1 Å². The van der Waals surface area contributed by atoms with Crippen LogP contribution < -0.4 is 0 Å². The van der Waals surface area contributed by atoms with Crippen molar-refractivity contribution in [3.8, 4) is 0 Å². The first-order chi connectivity index (χ1) is 10.7. The van der Waals surface area contributed by atoms with Crippen LogP contribution in [0.15, 0.2) is 42.5 Å². The van der Waals surface area contributed by atoms with Crippen LogP contribution in [0.5, 0.6) is 0 Å². The molecule has 0 saturated heterocycles. The molecule has 0 aromatic heterocycles. The van der Waals surface area contributed by atoms with Crippen LogP contribution in [0.25, 0.3) is 0 Å². The Hall–Kier alpha value is -2.30. The maximum atomic E-state index is 12.5. The van der Waals surface area contributed by atoms with Crippen molar-refractivity contribution in [2.24, 2.45) is 0 Å². The Morgan fingerprint density at radius 2 is 1.65 bits per heavy atom. The number of carbonyl (C=O) groups excluding carboxylic acids is 1. The van der Waals surface area contributed by atoms with Gasteiger partial charge in [-0.3, -0.25) is 4.79 Å². The van der Waals surface area contributed by atoms with Crippen LogP contribution in [-0.4, -0.2) is 17.9 Å². The molecule has 2 rings (SSSR count). The smallest absolute Gasteiger partial charge is 0.337 e. The van der Waals surface area contributed by atoms with Crippen molar-refractivity contribution < 1.29 is 18.0 Å². The third-order valence-electron chi connectivity index (χ3n) is 3.88. The van der Waals surface area contributed by atoms with Gasteiger partial charge in [0.2, 0.25) is 0 Å². The van der Waals surface area contributed by atoms with E-state index >= 15 is 0 Å². The van der Waals surface area contributed by atoms with E-state index in [-0.39, 0.29) is 12.5 Å². The van der Waals surface area contributed by atoms with Gasteiger partial charge in [-0.1, -0.05) is 24.3 Å². The number of benzene rings is 2. The standard InChI is InChI=1S/C18H18F3NO/c1-12-5-4-6-16(13(12)2)17(23)22(3)11-14-7-9-15(10-8-14)18(19,20)21/h4-10H,11H2,1-3H3. The molecular weight excluding hydrogens is 303 g/mol. The molecule has 122 valence electrons. The Morgan fingerprint density at radius 3 is 2.22 bits per heavy atom. The van der Waals surface area contributed by atoms with Crippen molar-refractivity contribution in [3.63, 3.8) is 0 Å². The van der Waals surface area contributed by atoms with Crippen molar-refractivity contribution in [1.29, 1.82) is 0 Å². The van der Waals surface area contributed by atoms with Crippen LogP contribution in [0.4, 0.5) is 13.2 Å². The number of amides is 1. The van der Waals surface area contributed by atoms with E-state index in [0.29, 0.717) is 11.1 Å². The largest absolute Gasteiger partial charge is 0.416 e. The molecule has 0 fully saturated rings. The Bertz CT molecular complexity index is 705. The average Bonchev–Trinajstić information content (AvgIpc) is 2.49. The van der Waals surface area contributed by atoms with Gasteiger partial charge in [-0.25, -0.2) is 0 Å². The minimum atomic E-state index is -4.35. The summed E-state index contributed by atoms with van der Waals surface area (Å²) in [6.07, 6.45) is -4.35. The summed E-state index contributed by atoms with van der Waals surface area (Å²) < 4.78 is 37.6. The fourth-order valence-corrected chi connectivity index (χ4v) is 2.33.